The van der Waals surface area contributed by atoms with Crippen LogP contribution in [-0.2, 0) is 9.47 Å². The van der Waals surface area contributed by atoms with Crippen molar-refractivity contribution in [2.45, 2.75) is 31.5 Å². The highest BCUT2D eigenvalue weighted by Gasteiger charge is 2.40. The van der Waals surface area contributed by atoms with Gasteiger partial charge in [0.2, 0.25) is 11.9 Å². The first kappa shape index (κ1) is 16.6. The van der Waals surface area contributed by atoms with E-state index in [0.717, 1.165) is 31.7 Å². The Morgan fingerprint density at radius 1 is 1.15 bits per heavy atom. The van der Waals surface area contributed by atoms with Crippen molar-refractivity contribution < 1.29 is 9.47 Å². The SMILES string of the molecule is C[C@@H]1COCCN1c1nc(-c2ccnc(N)c2)nc(N2C[C@@H]3C[C@H]2CO3)n1. The number of hydrogen-bond donors (Lipinski definition) is 1. The molecule has 9 heteroatoms. The summed E-state index contributed by atoms with van der Waals surface area (Å²) in [6.45, 7) is 5.78. The fraction of sp³-hybridized carbons (Fsp3) is 0.556. The van der Waals surface area contributed by atoms with Crippen LogP contribution in [0.15, 0.2) is 18.3 Å². The van der Waals surface area contributed by atoms with Crippen molar-refractivity contribution in [2.24, 2.45) is 0 Å². The van der Waals surface area contributed by atoms with Crippen molar-refractivity contribution in [3.8, 4) is 11.4 Å². The lowest BCUT2D eigenvalue weighted by molar-refractivity contribution is 0.0974. The fourth-order valence-electron chi connectivity index (χ4n) is 4.00. The van der Waals surface area contributed by atoms with E-state index in [0.29, 0.717) is 42.8 Å². The molecule has 0 amide bonds. The van der Waals surface area contributed by atoms with Crippen molar-refractivity contribution in [1.29, 1.82) is 0 Å². The molecule has 3 aliphatic rings. The molecule has 0 aliphatic carbocycles. The number of hydrogen-bond acceptors (Lipinski definition) is 9. The number of rotatable bonds is 3. The Hall–Kier alpha value is -2.52. The van der Waals surface area contributed by atoms with E-state index in [1.54, 1.807) is 12.3 Å². The van der Waals surface area contributed by atoms with Crippen LogP contribution in [-0.4, -0.2) is 71.0 Å². The highest BCUT2D eigenvalue weighted by Crippen LogP contribution is 2.32. The van der Waals surface area contributed by atoms with Crippen LogP contribution in [0.3, 0.4) is 0 Å². The summed E-state index contributed by atoms with van der Waals surface area (Å²) in [6.07, 6.45) is 2.99. The summed E-state index contributed by atoms with van der Waals surface area (Å²) in [5, 5.41) is 0. The van der Waals surface area contributed by atoms with E-state index in [-0.39, 0.29) is 12.1 Å². The van der Waals surface area contributed by atoms with Gasteiger partial charge in [0, 0.05) is 24.8 Å². The molecule has 9 nitrogen and oxygen atoms in total. The maximum Gasteiger partial charge on any atom is 0.231 e. The van der Waals surface area contributed by atoms with Crippen molar-refractivity contribution in [1.82, 2.24) is 19.9 Å². The van der Waals surface area contributed by atoms with Crippen LogP contribution >= 0.6 is 0 Å². The number of morpholine rings is 2. The second kappa shape index (κ2) is 6.58. The number of ether oxygens (including phenoxy) is 2. The maximum atomic E-state index is 5.87. The zero-order valence-corrected chi connectivity index (χ0v) is 15.3. The second-order valence-electron chi connectivity index (χ2n) is 7.34. The zero-order chi connectivity index (χ0) is 18.4. The molecule has 2 aromatic rings. The van der Waals surface area contributed by atoms with Crippen LogP contribution in [0.5, 0.6) is 0 Å². The minimum Gasteiger partial charge on any atom is -0.384 e. The van der Waals surface area contributed by atoms with Crippen LogP contribution in [0.2, 0.25) is 0 Å². The topological polar surface area (TPSA) is 103 Å². The van der Waals surface area contributed by atoms with Gasteiger partial charge in [-0.2, -0.15) is 15.0 Å². The van der Waals surface area contributed by atoms with Gasteiger partial charge >= 0.3 is 0 Å². The first-order valence-corrected chi connectivity index (χ1v) is 9.38. The summed E-state index contributed by atoms with van der Waals surface area (Å²) in [4.78, 5) is 22.9. The molecule has 5 rings (SSSR count). The van der Waals surface area contributed by atoms with E-state index in [2.05, 4.69) is 21.7 Å². The summed E-state index contributed by atoms with van der Waals surface area (Å²) in [7, 11) is 0. The smallest absolute Gasteiger partial charge is 0.231 e. The molecule has 5 heterocycles. The predicted octanol–water partition coefficient (Wildman–Crippen LogP) is 0.718. The molecule has 142 valence electrons. The largest absolute Gasteiger partial charge is 0.384 e. The number of anilines is 3. The third-order valence-electron chi connectivity index (χ3n) is 5.43. The number of pyridine rings is 1. The average Bonchev–Trinajstić information content (AvgIpc) is 3.32. The minimum absolute atomic E-state index is 0.211. The molecule has 0 aromatic carbocycles. The molecule has 0 spiro atoms. The molecule has 0 radical (unpaired) electrons. The van der Waals surface area contributed by atoms with Crippen molar-refractivity contribution in [3.63, 3.8) is 0 Å². The van der Waals surface area contributed by atoms with E-state index in [1.165, 1.54) is 0 Å². The third kappa shape index (κ3) is 3.06. The standard InChI is InChI=1S/C18H23N7O2/c1-11-9-26-5-4-24(11)17-21-16(12-2-3-20-15(19)6-12)22-18(23-17)25-8-14-7-13(25)10-27-14/h2-3,6,11,13-14H,4-5,7-10H2,1H3,(H2,19,20)/t11-,13+,14+/m1/s1. The van der Waals surface area contributed by atoms with Gasteiger partial charge in [-0.3, -0.25) is 0 Å². The molecule has 2 aromatic heterocycles. The van der Waals surface area contributed by atoms with Gasteiger partial charge in [0.15, 0.2) is 5.82 Å². The van der Waals surface area contributed by atoms with Crippen LogP contribution < -0.4 is 15.5 Å². The van der Waals surface area contributed by atoms with Crippen molar-refractivity contribution in [3.05, 3.63) is 18.3 Å². The van der Waals surface area contributed by atoms with Crippen LogP contribution in [0.4, 0.5) is 17.7 Å². The van der Waals surface area contributed by atoms with Crippen LogP contribution in [0, 0.1) is 0 Å². The Morgan fingerprint density at radius 2 is 2.00 bits per heavy atom. The summed E-state index contributed by atoms with van der Waals surface area (Å²) >= 11 is 0. The Kier molecular flexibility index (Phi) is 4.05. The predicted molar refractivity (Wildman–Crippen MR) is 101 cm³/mol. The van der Waals surface area contributed by atoms with Gasteiger partial charge in [-0.05, 0) is 25.5 Å². The molecular formula is C18H23N7O2. The number of nitrogens with zero attached hydrogens (tertiary/aromatic N) is 6. The molecule has 3 fully saturated rings. The molecule has 3 saturated heterocycles. The fourth-order valence-corrected chi connectivity index (χ4v) is 4.00. The van der Waals surface area contributed by atoms with Gasteiger partial charge in [-0.25, -0.2) is 4.98 Å². The lowest BCUT2D eigenvalue weighted by atomic mass is 10.2. The van der Waals surface area contributed by atoms with Gasteiger partial charge in [-0.1, -0.05) is 0 Å². The van der Waals surface area contributed by atoms with Crippen molar-refractivity contribution in [2.75, 3.05) is 48.4 Å². The Labute approximate surface area is 157 Å². The van der Waals surface area contributed by atoms with E-state index >= 15 is 0 Å². The minimum atomic E-state index is 0.211. The summed E-state index contributed by atoms with van der Waals surface area (Å²) in [5.41, 5.74) is 6.71. The second-order valence-corrected chi connectivity index (χ2v) is 7.34. The number of aromatic nitrogens is 4. The Morgan fingerprint density at radius 3 is 2.70 bits per heavy atom. The molecule has 2 bridgehead atoms. The molecule has 0 saturated carbocycles. The lowest BCUT2D eigenvalue weighted by Crippen LogP contribution is -2.45. The number of fused-ring (bicyclic) bond motifs is 2. The molecule has 3 atom stereocenters. The van der Waals surface area contributed by atoms with Crippen LogP contribution in [0.1, 0.15) is 13.3 Å². The monoisotopic (exact) mass is 369 g/mol. The number of nitrogen functional groups attached to an aromatic ring is 1. The molecule has 27 heavy (non-hydrogen) atoms. The van der Waals surface area contributed by atoms with E-state index in [4.69, 9.17) is 30.2 Å². The number of nitrogens with two attached hydrogens (primary N) is 1. The molecule has 0 unspecified atom stereocenters. The normalized spacial score (nSPS) is 27.4. The first-order chi connectivity index (χ1) is 13.2. The highest BCUT2D eigenvalue weighted by atomic mass is 16.5. The van der Waals surface area contributed by atoms with E-state index in [1.807, 2.05) is 6.07 Å². The molecule has 3 aliphatic heterocycles. The van der Waals surface area contributed by atoms with Gasteiger partial charge in [0.25, 0.3) is 0 Å². The molecular weight excluding hydrogens is 346 g/mol. The lowest BCUT2D eigenvalue weighted by Gasteiger charge is -2.34. The summed E-state index contributed by atoms with van der Waals surface area (Å²) < 4.78 is 11.3. The third-order valence-corrected chi connectivity index (χ3v) is 5.43. The van der Waals surface area contributed by atoms with Gasteiger partial charge < -0.3 is 25.0 Å². The summed E-state index contributed by atoms with van der Waals surface area (Å²) in [6, 6.07) is 4.22. The Balaban J connectivity index is 1.58. The van der Waals surface area contributed by atoms with Crippen molar-refractivity contribution >= 4 is 17.7 Å². The van der Waals surface area contributed by atoms with Gasteiger partial charge in [-0.15, -0.1) is 0 Å². The zero-order valence-electron chi connectivity index (χ0n) is 15.3. The average molecular weight is 369 g/mol. The van der Waals surface area contributed by atoms with Gasteiger partial charge in [0.1, 0.15) is 5.82 Å². The maximum absolute atomic E-state index is 5.87. The van der Waals surface area contributed by atoms with Gasteiger partial charge in [0.05, 0.1) is 38.0 Å². The van der Waals surface area contributed by atoms with E-state index < -0.39 is 0 Å². The van der Waals surface area contributed by atoms with Crippen LogP contribution in [0.25, 0.3) is 11.4 Å². The quantitative estimate of drug-likeness (QED) is 0.838. The molecule has 2 N–H and O–H groups in total. The Bertz CT molecular complexity index is 828. The summed E-state index contributed by atoms with van der Waals surface area (Å²) in [5.74, 6) is 2.46. The first-order valence-electron chi connectivity index (χ1n) is 9.38. The van der Waals surface area contributed by atoms with E-state index in [9.17, 15) is 0 Å². The highest BCUT2D eigenvalue weighted by molar-refractivity contribution is 5.61.